The number of ether oxygens (including phenoxy) is 1. The average molecular weight is 364 g/mol. The lowest BCUT2D eigenvalue weighted by molar-refractivity contribution is -0.00804. The molecule has 0 aromatic carbocycles. The van der Waals surface area contributed by atoms with Gasteiger partial charge in [-0.1, -0.05) is 0 Å². The fraction of sp³-hybridized carbons (Fsp3) is 0.778. The number of guanidine groups is 1. The average Bonchev–Trinajstić information content (AvgIpc) is 2.98. The molecule has 1 unspecified atom stereocenters. The van der Waals surface area contributed by atoms with Gasteiger partial charge in [-0.05, 0) is 26.6 Å². The molecule has 0 aliphatic carbocycles. The number of nitrogens with zero attached hydrogens (tertiary/aromatic N) is 6. The summed E-state index contributed by atoms with van der Waals surface area (Å²) in [6.45, 7) is 9.06. The van der Waals surface area contributed by atoms with Crippen LogP contribution < -0.4 is 5.32 Å². The molecule has 26 heavy (non-hydrogen) atoms. The highest BCUT2D eigenvalue weighted by atomic mass is 16.5. The van der Waals surface area contributed by atoms with Gasteiger partial charge in [0.05, 0.1) is 19.3 Å². The minimum absolute atomic E-state index is 0.0529. The summed E-state index contributed by atoms with van der Waals surface area (Å²) in [7, 11) is 6.00. The molecule has 2 aliphatic rings. The summed E-state index contributed by atoms with van der Waals surface area (Å²) in [4.78, 5) is 11.7. The zero-order chi connectivity index (χ0) is 18.4. The first-order chi connectivity index (χ1) is 12.7. The van der Waals surface area contributed by atoms with Crippen LogP contribution in [0, 0.1) is 0 Å². The number of aromatic nitrogens is 2. The van der Waals surface area contributed by atoms with E-state index in [0.717, 1.165) is 50.8 Å². The first kappa shape index (κ1) is 19.1. The second kappa shape index (κ2) is 9.34. The molecule has 0 spiro atoms. The highest BCUT2D eigenvalue weighted by Gasteiger charge is 2.25. The maximum absolute atomic E-state index is 5.94. The van der Waals surface area contributed by atoms with Crippen LogP contribution in [0.3, 0.4) is 0 Å². The monoisotopic (exact) mass is 363 g/mol. The third-order valence-electron chi connectivity index (χ3n) is 5.20. The predicted octanol–water partition coefficient (Wildman–Crippen LogP) is 0.00630. The van der Waals surface area contributed by atoms with Crippen molar-refractivity contribution in [2.45, 2.75) is 12.5 Å². The molecular formula is C18H33N7O. The molecule has 146 valence electrons. The van der Waals surface area contributed by atoms with E-state index in [2.05, 4.69) is 37.2 Å². The van der Waals surface area contributed by atoms with Crippen LogP contribution in [0.1, 0.15) is 18.1 Å². The van der Waals surface area contributed by atoms with E-state index in [1.807, 2.05) is 31.2 Å². The largest absolute Gasteiger partial charge is 0.370 e. The number of nitrogens with one attached hydrogen (secondary N) is 1. The Balaban J connectivity index is 1.47. The molecule has 2 saturated heterocycles. The van der Waals surface area contributed by atoms with Gasteiger partial charge in [0.25, 0.3) is 0 Å². The van der Waals surface area contributed by atoms with E-state index in [1.165, 1.54) is 19.5 Å². The van der Waals surface area contributed by atoms with Crippen LogP contribution in [0.4, 0.5) is 0 Å². The number of morpholine rings is 1. The van der Waals surface area contributed by atoms with Gasteiger partial charge in [0, 0.05) is 58.6 Å². The number of hydrogen-bond acceptors (Lipinski definition) is 5. The van der Waals surface area contributed by atoms with Crippen LogP contribution in [0.15, 0.2) is 17.4 Å². The number of hydrogen-bond donors (Lipinski definition) is 1. The van der Waals surface area contributed by atoms with Crippen LogP contribution in [0.2, 0.25) is 0 Å². The third kappa shape index (κ3) is 5.18. The Labute approximate surface area is 156 Å². The lowest BCUT2D eigenvalue weighted by atomic mass is 10.1. The number of aliphatic imine (C=N–C) groups is 1. The first-order valence-corrected chi connectivity index (χ1v) is 9.62. The minimum atomic E-state index is 0.0529. The van der Waals surface area contributed by atoms with Crippen molar-refractivity contribution in [3.05, 3.63) is 18.0 Å². The minimum Gasteiger partial charge on any atom is -0.370 e. The van der Waals surface area contributed by atoms with Crippen molar-refractivity contribution in [2.24, 2.45) is 12.0 Å². The van der Waals surface area contributed by atoms with Crippen molar-refractivity contribution in [1.29, 1.82) is 0 Å². The molecule has 8 nitrogen and oxygen atoms in total. The van der Waals surface area contributed by atoms with Crippen molar-refractivity contribution in [1.82, 2.24) is 29.8 Å². The Bertz CT molecular complexity index is 588. The Hall–Kier alpha value is -1.64. The quantitative estimate of drug-likeness (QED) is 0.601. The number of aryl methyl sites for hydroxylation is 1. The van der Waals surface area contributed by atoms with Crippen molar-refractivity contribution >= 4 is 5.96 Å². The van der Waals surface area contributed by atoms with E-state index >= 15 is 0 Å². The summed E-state index contributed by atoms with van der Waals surface area (Å²) in [5.74, 6) is 0.967. The molecular weight excluding hydrogens is 330 g/mol. The summed E-state index contributed by atoms with van der Waals surface area (Å²) in [6.07, 6.45) is 5.22. The Morgan fingerprint density at radius 3 is 2.92 bits per heavy atom. The van der Waals surface area contributed by atoms with Crippen LogP contribution in [0.5, 0.6) is 0 Å². The molecule has 3 heterocycles. The van der Waals surface area contributed by atoms with Gasteiger partial charge in [0.2, 0.25) is 0 Å². The zero-order valence-electron chi connectivity index (χ0n) is 16.4. The lowest BCUT2D eigenvalue weighted by Gasteiger charge is -2.35. The van der Waals surface area contributed by atoms with E-state index in [9.17, 15) is 0 Å². The van der Waals surface area contributed by atoms with Crippen molar-refractivity contribution in [3.63, 3.8) is 0 Å². The predicted molar refractivity (Wildman–Crippen MR) is 103 cm³/mol. The molecule has 1 aromatic heterocycles. The molecule has 0 saturated carbocycles. The maximum Gasteiger partial charge on any atom is 0.193 e. The topological polar surface area (TPSA) is 61.2 Å². The van der Waals surface area contributed by atoms with Gasteiger partial charge in [0.1, 0.15) is 6.10 Å². The molecule has 1 aromatic rings. The zero-order valence-corrected chi connectivity index (χ0v) is 16.4. The molecule has 0 amide bonds. The van der Waals surface area contributed by atoms with Gasteiger partial charge in [-0.3, -0.25) is 9.67 Å². The van der Waals surface area contributed by atoms with Gasteiger partial charge in [-0.15, -0.1) is 0 Å². The smallest absolute Gasteiger partial charge is 0.193 e. The van der Waals surface area contributed by atoms with Crippen LogP contribution in [-0.4, -0.2) is 104 Å². The Morgan fingerprint density at radius 1 is 1.27 bits per heavy atom. The van der Waals surface area contributed by atoms with Gasteiger partial charge in [-0.2, -0.15) is 5.10 Å². The van der Waals surface area contributed by atoms with E-state index in [0.29, 0.717) is 6.61 Å². The highest BCUT2D eigenvalue weighted by Crippen LogP contribution is 2.21. The fourth-order valence-electron chi connectivity index (χ4n) is 3.63. The molecule has 8 heteroatoms. The Kier molecular flexibility index (Phi) is 6.87. The van der Waals surface area contributed by atoms with Gasteiger partial charge in [-0.25, -0.2) is 0 Å². The molecule has 3 rings (SSSR count). The van der Waals surface area contributed by atoms with E-state index < -0.39 is 0 Å². The summed E-state index contributed by atoms with van der Waals surface area (Å²) < 4.78 is 7.76. The fourth-order valence-corrected chi connectivity index (χ4v) is 3.63. The lowest BCUT2D eigenvalue weighted by Crippen LogP contribution is -2.49. The second-order valence-electron chi connectivity index (χ2n) is 7.23. The maximum atomic E-state index is 5.94. The highest BCUT2D eigenvalue weighted by molar-refractivity contribution is 5.80. The SMILES string of the molecule is CN=C(NCCN1CCCN(C)CC1)N1CCOC(c2cnn(C)c2)C1. The molecule has 0 bridgehead atoms. The normalized spacial score (nSPS) is 23.9. The Morgan fingerprint density at radius 2 is 2.15 bits per heavy atom. The van der Waals surface area contributed by atoms with Crippen LogP contribution in [0.25, 0.3) is 0 Å². The molecule has 2 fully saturated rings. The number of rotatable bonds is 4. The summed E-state index contributed by atoms with van der Waals surface area (Å²) in [6, 6.07) is 0. The summed E-state index contributed by atoms with van der Waals surface area (Å²) in [5.41, 5.74) is 1.13. The van der Waals surface area contributed by atoms with E-state index in [1.54, 1.807) is 0 Å². The van der Waals surface area contributed by atoms with Gasteiger partial charge in [0.15, 0.2) is 5.96 Å². The van der Waals surface area contributed by atoms with Crippen molar-refractivity contribution in [2.75, 3.05) is 73.1 Å². The summed E-state index contributed by atoms with van der Waals surface area (Å²) in [5, 5.41) is 7.80. The third-order valence-corrected chi connectivity index (χ3v) is 5.20. The molecule has 0 radical (unpaired) electrons. The molecule has 1 N–H and O–H groups in total. The standard InChI is InChI=1S/C18H33N7O/c1-19-18(20-5-8-24-7-4-6-22(2)9-10-24)25-11-12-26-17(15-25)16-13-21-23(3)14-16/h13-14,17H,4-12,15H2,1-3H3,(H,19,20). The summed E-state index contributed by atoms with van der Waals surface area (Å²) >= 11 is 0. The van der Waals surface area contributed by atoms with Gasteiger partial charge >= 0.3 is 0 Å². The van der Waals surface area contributed by atoms with Gasteiger partial charge < -0.3 is 24.8 Å². The van der Waals surface area contributed by atoms with Crippen molar-refractivity contribution in [3.8, 4) is 0 Å². The van der Waals surface area contributed by atoms with E-state index in [-0.39, 0.29) is 6.10 Å². The van der Waals surface area contributed by atoms with Crippen LogP contribution >= 0.6 is 0 Å². The van der Waals surface area contributed by atoms with Crippen LogP contribution in [-0.2, 0) is 11.8 Å². The molecule has 1 atom stereocenters. The van der Waals surface area contributed by atoms with E-state index in [4.69, 9.17) is 4.74 Å². The first-order valence-electron chi connectivity index (χ1n) is 9.62. The number of likely N-dealkylation sites (N-methyl/N-ethyl adjacent to an activating group) is 1. The second-order valence-corrected chi connectivity index (χ2v) is 7.23. The molecule has 2 aliphatic heterocycles. The van der Waals surface area contributed by atoms with Crippen molar-refractivity contribution < 1.29 is 4.74 Å².